The molecule has 1 aliphatic heterocycles. The number of methoxy groups -OCH3 is 1. The van der Waals surface area contributed by atoms with Crippen molar-refractivity contribution in [3.05, 3.63) is 24.0 Å². The van der Waals surface area contributed by atoms with Gasteiger partial charge in [0.1, 0.15) is 11.6 Å². The fraction of sp³-hybridized carbons (Fsp3) is 0.417. The van der Waals surface area contributed by atoms with Crippen LogP contribution in [-0.2, 0) is 0 Å². The molecule has 1 unspecified atom stereocenters. The number of imidazole rings is 1. The molecule has 1 fully saturated rings. The molecule has 0 spiro atoms. The molecule has 3 nitrogen and oxygen atoms in total. The monoisotopic (exact) mass is 234 g/mol. The molecular formula is C12H14N2OS. The number of nitrogens with zero attached hydrogens (tertiary/aromatic N) is 1. The highest BCUT2D eigenvalue weighted by Gasteiger charge is 2.20. The normalized spacial score (nSPS) is 20.4. The second-order valence-corrected chi connectivity index (χ2v) is 5.22. The quantitative estimate of drug-likeness (QED) is 0.868. The average Bonchev–Trinajstić information content (AvgIpc) is 2.96. The molecule has 3 rings (SSSR count). The van der Waals surface area contributed by atoms with Gasteiger partial charge in [-0.3, -0.25) is 0 Å². The second kappa shape index (κ2) is 4.01. The number of rotatable bonds is 2. The van der Waals surface area contributed by atoms with E-state index in [2.05, 4.69) is 9.97 Å². The van der Waals surface area contributed by atoms with Crippen molar-refractivity contribution < 1.29 is 4.74 Å². The Hall–Kier alpha value is -1.16. The van der Waals surface area contributed by atoms with Crippen LogP contribution in [0.25, 0.3) is 11.0 Å². The predicted molar refractivity (Wildman–Crippen MR) is 67.3 cm³/mol. The highest BCUT2D eigenvalue weighted by molar-refractivity contribution is 7.99. The van der Waals surface area contributed by atoms with Crippen molar-refractivity contribution in [1.82, 2.24) is 9.97 Å². The summed E-state index contributed by atoms with van der Waals surface area (Å²) >= 11 is 2.01. The van der Waals surface area contributed by atoms with Crippen molar-refractivity contribution in [3.63, 3.8) is 0 Å². The number of hydrogen-bond acceptors (Lipinski definition) is 3. The van der Waals surface area contributed by atoms with Crippen molar-refractivity contribution in [1.29, 1.82) is 0 Å². The summed E-state index contributed by atoms with van der Waals surface area (Å²) in [4.78, 5) is 8.05. The Balaban J connectivity index is 2.01. The predicted octanol–water partition coefficient (Wildman–Crippen LogP) is 2.79. The lowest BCUT2D eigenvalue weighted by Gasteiger charge is -2.01. The minimum Gasteiger partial charge on any atom is -0.497 e. The number of ether oxygens (including phenoxy) is 1. The zero-order valence-electron chi connectivity index (χ0n) is 9.19. The van der Waals surface area contributed by atoms with Crippen molar-refractivity contribution in [2.75, 3.05) is 18.6 Å². The van der Waals surface area contributed by atoms with Gasteiger partial charge in [0, 0.05) is 17.7 Å². The van der Waals surface area contributed by atoms with E-state index in [9.17, 15) is 0 Å². The van der Waals surface area contributed by atoms with Crippen LogP contribution in [0.15, 0.2) is 18.2 Å². The molecule has 1 aliphatic rings. The summed E-state index contributed by atoms with van der Waals surface area (Å²) < 4.78 is 5.21. The van der Waals surface area contributed by atoms with Gasteiger partial charge in [-0.1, -0.05) is 0 Å². The summed E-state index contributed by atoms with van der Waals surface area (Å²) in [6.07, 6.45) is 1.24. The Morgan fingerprint density at radius 2 is 2.44 bits per heavy atom. The molecule has 84 valence electrons. The molecule has 1 aromatic heterocycles. The maximum absolute atomic E-state index is 5.21. The van der Waals surface area contributed by atoms with E-state index in [4.69, 9.17) is 4.74 Å². The fourth-order valence-electron chi connectivity index (χ4n) is 2.08. The number of H-pyrrole nitrogens is 1. The molecule has 0 radical (unpaired) electrons. The van der Waals surface area contributed by atoms with Crippen LogP contribution in [-0.4, -0.2) is 28.6 Å². The maximum Gasteiger partial charge on any atom is 0.121 e. The van der Waals surface area contributed by atoms with Gasteiger partial charge < -0.3 is 9.72 Å². The Morgan fingerprint density at radius 3 is 3.19 bits per heavy atom. The van der Waals surface area contributed by atoms with Gasteiger partial charge in [-0.05, 0) is 24.3 Å². The minimum atomic E-state index is 0.600. The first kappa shape index (κ1) is 10.0. The van der Waals surface area contributed by atoms with Crippen molar-refractivity contribution in [2.24, 2.45) is 0 Å². The lowest BCUT2D eigenvalue weighted by molar-refractivity contribution is 0.415. The van der Waals surface area contributed by atoms with E-state index in [0.29, 0.717) is 5.92 Å². The van der Waals surface area contributed by atoms with E-state index in [1.807, 2.05) is 30.0 Å². The zero-order chi connectivity index (χ0) is 11.0. The molecule has 16 heavy (non-hydrogen) atoms. The minimum absolute atomic E-state index is 0.600. The Morgan fingerprint density at radius 1 is 1.50 bits per heavy atom. The number of hydrogen-bond donors (Lipinski definition) is 1. The van der Waals surface area contributed by atoms with E-state index in [1.54, 1.807) is 7.11 Å². The van der Waals surface area contributed by atoms with Gasteiger partial charge in [-0.2, -0.15) is 11.8 Å². The van der Waals surface area contributed by atoms with Gasteiger partial charge in [-0.25, -0.2) is 4.98 Å². The van der Waals surface area contributed by atoms with Gasteiger partial charge in [0.15, 0.2) is 0 Å². The number of fused-ring (bicyclic) bond motifs is 1. The first-order valence-corrected chi connectivity index (χ1v) is 6.63. The largest absolute Gasteiger partial charge is 0.497 e. The molecule has 0 aliphatic carbocycles. The third kappa shape index (κ3) is 1.67. The van der Waals surface area contributed by atoms with Gasteiger partial charge in [-0.15, -0.1) is 0 Å². The highest BCUT2D eigenvalue weighted by Crippen LogP contribution is 2.32. The first-order chi connectivity index (χ1) is 7.86. The molecule has 1 aromatic carbocycles. The number of aromatic nitrogens is 2. The molecule has 1 saturated heterocycles. The van der Waals surface area contributed by atoms with Crippen LogP contribution in [0.4, 0.5) is 0 Å². The van der Waals surface area contributed by atoms with E-state index >= 15 is 0 Å². The Labute approximate surface area is 98.6 Å². The number of nitrogens with one attached hydrogen (secondary N) is 1. The standard InChI is InChI=1S/C12H14N2OS/c1-15-9-2-3-10-11(6-9)14-12(13-10)8-4-5-16-7-8/h2-3,6,8H,4-5,7H2,1H3,(H,13,14). The zero-order valence-corrected chi connectivity index (χ0v) is 10.0. The summed E-state index contributed by atoms with van der Waals surface area (Å²) in [6, 6.07) is 5.97. The molecule has 4 heteroatoms. The summed E-state index contributed by atoms with van der Waals surface area (Å²) in [5, 5.41) is 0. The maximum atomic E-state index is 5.21. The van der Waals surface area contributed by atoms with Crippen molar-refractivity contribution >= 4 is 22.8 Å². The lowest BCUT2D eigenvalue weighted by atomic mass is 10.1. The summed E-state index contributed by atoms with van der Waals surface area (Å²) in [7, 11) is 1.69. The third-order valence-corrected chi connectivity index (χ3v) is 4.19. The molecule has 0 saturated carbocycles. The van der Waals surface area contributed by atoms with Crippen molar-refractivity contribution in [3.8, 4) is 5.75 Å². The van der Waals surface area contributed by atoms with Gasteiger partial charge in [0.2, 0.25) is 0 Å². The lowest BCUT2D eigenvalue weighted by Crippen LogP contribution is -1.98. The van der Waals surface area contributed by atoms with Crippen LogP contribution in [0, 0.1) is 0 Å². The molecule has 2 heterocycles. The van der Waals surface area contributed by atoms with E-state index in [-0.39, 0.29) is 0 Å². The van der Waals surface area contributed by atoms with Crippen LogP contribution in [0.1, 0.15) is 18.2 Å². The van der Waals surface area contributed by atoms with Crippen LogP contribution in [0.5, 0.6) is 5.75 Å². The van der Waals surface area contributed by atoms with E-state index in [0.717, 1.165) is 22.6 Å². The van der Waals surface area contributed by atoms with Gasteiger partial charge in [0.05, 0.1) is 18.1 Å². The Kier molecular flexibility index (Phi) is 2.52. The van der Waals surface area contributed by atoms with Gasteiger partial charge in [0.25, 0.3) is 0 Å². The molecular weight excluding hydrogens is 220 g/mol. The average molecular weight is 234 g/mol. The first-order valence-electron chi connectivity index (χ1n) is 5.48. The summed E-state index contributed by atoms with van der Waals surface area (Å²) in [5.74, 6) is 5.06. The molecule has 2 aromatic rings. The Bertz CT molecular complexity index is 503. The summed E-state index contributed by atoms with van der Waals surface area (Å²) in [6.45, 7) is 0. The molecule has 1 atom stereocenters. The SMILES string of the molecule is COc1ccc2nc(C3CCSC3)[nH]c2c1. The smallest absolute Gasteiger partial charge is 0.121 e. The van der Waals surface area contributed by atoms with Crippen LogP contribution < -0.4 is 4.74 Å². The van der Waals surface area contributed by atoms with Crippen molar-refractivity contribution in [2.45, 2.75) is 12.3 Å². The number of benzene rings is 1. The third-order valence-electron chi connectivity index (χ3n) is 3.02. The molecule has 1 N–H and O–H groups in total. The number of aromatic amines is 1. The van der Waals surface area contributed by atoms with Crippen LogP contribution in [0.3, 0.4) is 0 Å². The van der Waals surface area contributed by atoms with Crippen LogP contribution >= 0.6 is 11.8 Å². The van der Waals surface area contributed by atoms with Gasteiger partial charge >= 0.3 is 0 Å². The highest BCUT2D eigenvalue weighted by atomic mass is 32.2. The number of thioether (sulfide) groups is 1. The topological polar surface area (TPSA) is 37.9 Å². The summed E-state index contributed by atoms with van der Waals surface area (Å²) in [5.41, 5.74) is 2.11. The van der Waals surface area contributed by atoms with Crippen LogP contribution in [0.2, 0.25) is 0 Å². The van der Waals surface area contributed by atoms with E-state index < -0.39 is 0 Å². The van der Waals surface area contributed by atoms with E-state index in [1.165, 1.54) is 17.9 Å². The molecule has 0 amide bonds. The fourth-order valence-corrected chi connectivity index (χ4v) is 3.31. The second-order valence-electron chi connectivity index (χ2n) is 4.07. The molecule has 0 bridgehead atoms.